The van der Waals surface area contributed by atoms with Gasteiger partial charge in [-0.25, -0.2) is 30.7 Å². The first-order valence-corrected chi connectivity index (χ1v) is 12.6. The third-order valence-corrected chi connectivity index (χ3v) is 6.42. The van der Waals surface area contributed by atoms with Gasteiger partial charge in [-0.05, 0) is 78.4 Å². The lowest BCUT2D eigenvalue weighted by Crippen LogP contribution is -1.99. The zero-order chi connectivity index (χ0) is 30.6. The molecule has 216 valence electrons. The van der Waals surface area contributed by atoms with Crippen LogP contribution in [0.5, 0.6) is 5.75 Å². The highest BCUT2D eigenvalue weighted by Gasteiger charge is 2.25. The highest BCUT2D eigenvalue weighted by molar-refractivity contribution is 5.85. The van der Waals surface area contributed by atoms with Crippen molar-refractivity contribution in [1.29, 1.82) is 0 Å². The molecule has 0 spiro atoms. The number of benzene rings is 4. The predicted molar refractivity (Wildman–Crippen MR) is 145 cm³/mol. The summed E-state index contributed by atoms with van der Waals surface area (Å²) in [6.07, 6.45) is 0.783. The van der Waals surface area contributed by atoms with Gasteiger partial charge in [0, 0.05) is 5.56 Å². The Kier molecular flexibility index (Phi) is 9.36. The van der Waals surface area contributed by atoms with Gasteiger partial charge >= 0.3 is 0 Å². The van der Waals surface area contributed by atoms with E-state index >= 15 is 4.39 Å². The monoisotopic (exact) mass is 586 g/mol. The van der Waals surface area contributed by atoms with Crippen LogP contribution in [0.1, 0.15) is 39.8 Å². The van der Waals surface area contributed by atoms with Crippen molar-refractivity contribution in [2.75, 3.05) is 13.8 Å². The van der Waals surface area contributed by atoms with Gasteiger partial charge in [-0.3, -0.25) is 4.39 Å². The largest absolute Gasteiger partial charge is 0.495 e. The molecule has 0 fully saturated rings. The van der Waals surface area contributed by atoms with Crippen LogP contribution in [0.25, 0.3) is 22.8 Å². The van der Waals surface area contributed by atoms with Gasteiger partial charge in [-0.1, -0.05) is 36.1 Å². The van der Waals surface area contributed by atoms with Crippen molar-refractivity contribution in [2.24, 2.45) is 0 Å². The van der Waals surface area contributed by atoms with Crippen molar-refractivity contribution in [1.82, 2.24) is 0 Å². The van der Waals surface area contributed by atoms with Crippen LogP contribution in [0.15, 0.2) is 60.7 Å². The van der Waals surface area contributed by atoms with Crippen LogP contribution >= 0.6 is 0 Å². The molecule has 4 aromatic carbocycles. The van der Waals surface area contributed by atoms with E-state index < -0.39 is 58.5 Å². The summed E-state index contributed by atoms with van der Waals surface area (Å²) in [5, 5.41) is 0. The van der Waals surface area contributed by atoms with E-state index in [2.05, 4.69) is 11.8 Å². The number of aryl methyl sites for hydroxylation is 2. The van der Waals surface area contributed by atoms with Gasteiger partial charge in [0.1, 0.15) is 34.8 Å². The molecular weight excluding hydrogens is 564 g/mol. The molecule has 9 heteroatoms. The zero-order valence-electron chi connectivity index (χ0n) is 22.3. The lowest BCUT2D eigenvalue weighted by molar-refractivity contribution is 0.412. The summed E-state index contributed by atoms with van der Waals surface area (Å²) in [6.45, 7) is 1.01. The van der Waals surface area contributed by atoms with Gasteiger partial charge in [-0.15, -0.1) is 0 Å². The van der Waals surface area contributed by atoms with Gasteiger partial charge < -0.3 is 4.74 Å². The average Bonchev–Trinajstić information content (AvgIpc) is 2.95. The molecule has 0 aliphatic heterocycles. The molecule has 0 amide bonds. The SMILES string of the molecule is COc1cc(C)c(F)cc1C#Cc1cc(F)c(/C(F)=C(\F)c2c(F)cc(-c3ccc(CCCF)cc3)cc2F)c(F)c1. The zero-order valence-corrected chi connectivity index (χ0v) is 22.3. The first-order chi connectivity index (χ1) is 20.0. The third-order valence-electron chi connectivity index (χ3n) is 6.42. The topological polar surface area (TPSA) is 9.23 Å². The Labute approximate surface area is 237 Å². The van der Waals surface area contributed by atoms with E-state index in [9.17, 15) is 30.7 Å². The molecule has 0 bridgehead atoms. The molecule has 0 atom stereocenters. The Morgan fingerprint density at radius 3 is 1.76 bits per heavy atom. The number of hydrogen-bond donors (Lipinski definition) is 0. The quantitative estimate of drug-likeness (QED) is 0.119. The van der Waals surface area contributed by atoms with Crippen molar-refractivity contribution in [3.05, 3.63) is 123 Å². The molecule has 4 rings (SSSR count). The van der Waals surface area contributed by atoms with E-state index in [0.29, 0.717) is 30.5 Å². The Balaban J connectivity index is 1.67. The molecule has 0 aliphatic rings. The number of halogens is 8. The molecule has 0 aromatic heterocycles. The van der Waals surface area contributed by atoms with Crippen molar-refractivity contribution < 1.29 is 39.9 Å². The molecule has 4 aromatic rings. The minimum Gasteiger partial charge on any atom is -0.495 e. The normalized spacial score (nSPS) is 11.6. The van der Waals surface area contributed by atoms with Crippen molar-refractivity contribution in [2.45, 2.75) is 19.8 Å². The summed E-state index contributed by atoms with van der Waals surface area (Å²) in [4.78, 5) is 0. The molecule has 0 unspecified atom stereocenters. The van der Waals surface area contributed by atoms with E-state index in [1.807, 2.05) is 0 Å². The van der Waals surface area contributed by atoms with Crippen LogP contribution < -0.4 is 4.74 Å². The second-order valence-electron chi connectivity index (χ2n) is 9.30. The van der Waals surface area contributed by atoms with E-state index in [1.165, 1.54) is 32.2 Å². The first kappa shape index (κ1) is 30.4. The van der Waals surface area contributed by atoms with Gasteiger partial charge in [0.2, 0.25) is 0 Å². The molecule has 0 heterocycles. The fourth-order valence-corrected chi connectivity index (χ4v) is 4.22. The molecule has 0 saturated carbocycles. The molecule has 0 saturated heterocycles. The molecule has 0 aliphatic carbocycles. The summed E-state index contributed by atoms with van der Waals surface area (Å²) in [5.74, 6) is -5.95. The number of hydrogen-bond acceptors (Lipinski definition) is 1. The third kappa shape index (κ3) is 6.49. The standard InChI is InChI=1S/C33H22F8O/c1-18-12-29(42-2)22(15-24(18)35)10-7-20-13-25(36)30(26(37)14-20)32(40)33(41)31-27(38)16-23(17-28(31)39)21-8-5-19(6-9-21)4-3-11-34/h5-6,8-9,12-17H,3-4,11H2,1-2H3/b33-32+. The van der Waals surface area contributed by atoms with Gasteiger partial charge in [0.25, 0.3) is 0 Å². The van der Waals surface area contributed by atoms with E-state index in [4.69, 9.17) is 4.74 Å². The molecular formula is C33H22F8O. The Hall–Kier alpha value is -4.58. The van der Waals surface area contributed by atoms with Crippen LogP contribution in [-0.4, -0.2) is 13.8 Å². The Morgan fingerprint density at radius 1 is 0.690 bits per heavy atom. The molecule has 0 radical (unpaired) electrons. The number of methoxy groups -OCH3 is 1. The van der Waals surface area contributed by atoms with Gasteiger partial charge in [-0.2, -0.15) is 0 Å². The Morgan fingerprint density at radius 2 is 1.24 bits per heavy atom. The number of alkyl halides is 1. The maximum atomic E-state index is 15.0. The highest BCUT2D eigenvalue weighted by atomic mass is 19.2. The summed E-state index contributed by atoms with van der Waals surface area (Å²) in [6, 6.07) is 11.5. The van der Waals surface area contributed by atoms with E-state index in [1.54, 1.807) is 12.1 Å². The van der Waals surface area contributed by atoms with Crippen LogP contribution in [0.3, 0.4) is 0 Å². The van der Waals surface area contributed by atoms with Crippen LogP contribution in [-0.2, 0) is 6.42 Å². The van der Waals surface area contributed by atoms with E-state index in [0.717, 1.165) is 23.8 Å². The Bertz CT molecular complexity index is 1680. The second-order valence-corrected chi connectivity index (χ2v) is 9.30. The van der Waals surface area contributed by atoms with Gasteiger partial charge in [0.05, 0.1) is 30.5 Å². The number of ether oxygens (including phenoxy) is 1. The fraction of sp³-hybridized carbons (Fsp3) is 0.152. The first-order valence-electron chi connectivity index (χ1n) is 12.6. The highest BCUT2D eigenvalue weighted by Crippen LogP contribution is 2.36. The lowest BCUT2D eigenvalue weighted by Gasteiger charge is -2.10. The van der Waals surface area contributed by atoms with Crippen LogP contribution in [0.2, 0.25) is 0 Å². The summed E-state index contributed by atoms with van der Waals surface area (Å²) in [5.41, 5.74) is -1.71. The summed E-state index contributed by atoms with van der Waals surface area (Å²) >= 11 is 0. The smallest absolute Gasteiger partial charge is 0.172 e. The van der Waals surface area contributed by atoms with Crippen molar-refractivity contribution >= 4 is 11.7 Å². The van der Waals surface area contributed by atoms with Crippen LogP contribution in [0.4, 0.5) is 35.1 Å². The van der Waals surface area contributed by atoms with Crippen LogP contribution in [0, 0.1) is 47.9 Å². The maximum Gasteiger partial charge on any atom is 0.172 e. The van der Waals surface area contributed by atoms with E-state index in [-0.39, 0.29) is 28.0 Å². The fourth-order valence-electron chi connectivity index (χ4n) is 4.22. The molecule has 0 N–H and O–H groups in total. The maximum absolute atomic E-state index is 15.0. The van der Waals surface area contributed by atoms with Crippen molar-refractivity contribution in [3.8, 4) is 28.7 Å². The summed E-state index contributed by atoms with van der Waals surface area (Å²) < 4.78 is 121. The lowest BCUT2D eigenvalue weighted by atomic mass is 9.99. The van der Waals surface area contributed by atoms with Crippen molar-refractivity contribution in [3.63, 3.8) is 0 Å². The predicted octanol–water partition coefficient (Wildman–Crippen LogP) is 9.43. The number of rotatable bonds is 7. The molecule has 42 heavy (non-hydrogen) atoms. The summed E-state index contributed by atoms with van der Waals surface area (Å²) in [7, 11) is 1.32. The molecule has 1 nitrogen and oxygen atoms in total. The second kappa shape index (κ2) is 12.9. The average molecular weight is 587 g/mol. The van der Waals surface area contributed by atoms with Gasteiger partial charge in [0.15, 0.2) is 11.7 Å². The minimum absolute atomic E-state index is 0.00405. The minimum atomic E-state index is -2.16.